The Balaban J connectivity index is 2.66. The minimum atomic E-state index is -0.173. The molecule has 0 atom stereocenters. The molecule has 0 aliphatic rings. The van der Waals surface area contributed by atoms with Crippen molar-refractivity contribution in [2.24, 2.45) is 0 Å². The Bertz CT molecular complexity index is 503. The van der Waals surface area contributed by atoms with Crippen LogP contribution in [-0.2, 0) is 0 Å². The fourth-order valence-corrected chi connectivity index (χ4v) is 1.72. The van der Waals surface area contributed by atoms with Gasteiger partial charge >= 0.3 is 0 Å². The summed E-state index contributed by atoms with van der Waals surface area (Å²) >= 11 is 4.10. The highest BCUT2D eigenvalue weighted by Gasteiger charge is 2.02. The molecular formula is C13H11FS. The predicted octanol–water partition coefficient (Wildman–Crippen LogP) is 3.92. The summed E-state index contributed by atoms with van der Waals surface area (Å²) in [5.74, 6) is 0.514. The summed E-state index contributed by atoms with van der Waals surface area (Å²) in [4.78, 5) is 0. The van der Waals surface area contributed by atoms with Gasteiger partial charge in [-0.2, -0.15) is 12.6 Å². The molecule has 0 aromatic heterocycles. The van der Waals surface area contributed by atoms with Gasteiger partial charge in [-0.15, -0.1) is 0 Å². The zero-order valence-corrected chi connectivity index (χ0v) is 9.05. The van der Waals surface area contributed by atoms with Gasteiger partial charge < -0.3 is 0 Å². The number of hydrogen-bond donors (Lipinski definition) is 1. The van der Waals surface area contributed by atoms with Crippen LogP contribution in [0, 0.1) is 5.82 Å². The molecule has 0 saturated carbocycles. The first-order valence-corrected chi connectivity index (χ1v) is 5.41. The van der Waals surface area contributed by atoms with Gasteiger partial charge in [0.25, 0.3) is 0 Å². The van der Waals surface area contributed by atoms with E-state index in [-0.39, 0.29) is 5.82 Å². The first-order valence-electron chi connectivity index (χ1n) is 4.77. The molecule has 0 N–H and O–H groups in total. The summed E-state index contributed by atoms with van der Waals surface area (Å²) in [6.45, 7) is 0. The highest BCUT2D eigenvalue weighted by atomic mass is 32.1. The zero-order chi connectivity index (χ0) is 10.7. The minimum Gasteiger partial charge on any atom is -0.206 e. The third-order valence-electron chi connectivity index (χ3n) is 2.31. The van der Waals surface area contributed by atoms with E-state index in [1.54, 1.807) is 12.1 Å². The molecule has 0 amide bonds. The molecule has 2 rings (SSSR count). The second-order valence-corrected chi connectivity index (χ2v) is 3.63. The topological polar surface area (TPSA) is 0 Å². The third kappa shape index (κ3) is 2.05. The molecule has 0 nitrogen and oxygen atoms in total. The average Bonchev–Trinajstić information content (AvgIpc) is 2.29. The van der Waals surface area contributed by atoms with E-state index in [4.69, 9.17) is 0 Å². The maximum Gasteiger partial charge on any atom is 0.131 e. The Morgan fingerprint density at radius 2 is 1.80 bits per heavy atom. The van der Waals surface area contributed by atoms with Gasteiger partial charge in [-0.05, 0) is 17.0 Å². The standard InChI is InChI=1S/C13H11FS/c14-13-8-7-10(4-3-9-15)11-5-1-2-6-12(11)13/h1-8,15H,9H2. The van der Waals surface area contributed by atoms with E-state index in [1.165, 1.54) is 6.07 Å². The number of thiol groups is 1. The van der Waals surface area contributed by atoms with Crippen LogP contribution < -0.4 is 0 Å². The highest BCUT2D eigenvalue weighted by molar-refractivity contribution is 7.80. The highest BCUT2D eigenvalue weighted by Crippen LogP contribution is 2.22. The number of fused-ring (bicyclic) bond motifs is 1. The Morgan fingerprint density at radius 1 is 1.07 bits per heavy atom. The van der Waals surface area contributed by atoms with E-state index < -0.39 is 0 Å². The average molecular weight is 218 g/mol. The van der Waals surface area contributed by atoms with Gasteiger partial charge in [0.15, 0.2) is 0 Å². The quantitative estimate of drug-likeness (QED) is 0.726. The van der Waals surface area contributed by atoms with Gasteiger partial charge in [0, 0.05) is 11.1 Å². The van der Waals surface area contributed by atoms with Crippen molar-refractivity contribution < 1.29 is 4.39 Å². The summed E-state index contributed by atoms with van der Waals surface area (Å²) in [6.07, 6.45) is 3.91. The molecule has 0 heterocycles. The van der Waals surface area contributed by atoms with Gasteiger partial charge in [-0.3, -0.25) is 0 Å². The first-order chi connectivity index (χ1) is 7.33. The number of halogens is 1. The van der Waals surface area contributed by atoms with Crippen molar-refractivity contribution in [1.82, 2.24) is 0 Å². The van der Waals surface area contributed by atoms with Gasteiger partial charge in [0.05, 0.1) is 0 Å². The SMILES string of the molecule is Fc1ccc(C=CCS)c2ccccc12. The Hall–Kier alpha value is -1.28. The maximum atomic E-state index is 13.4. The molecule has 0 aliphatic carbocycles. The van der Waals surface area contributed by atoms with E-state index >= 15 is 0 Å². The smallest absolute Gasteiger partial charge is 0.131 e. The predicted molar refractivity (Wildman–Crippen MR) is 66.8 cm³/mol. The molecule has 0 unspecified atom stereocenters. The van der Waals surface area contributed by atoms with E-state index in [0.717, 1.165) is 10.9 Å². The molecule has 2 heteroatoms. The summed E-state index contributed by atoms with van der Waals surface area (Å²) in [7, 11) is 0. The Morgan fingerprint density at radius 3 is 2.53 bits per heavy atom. The second kappa shape index (κ2) is 4.49. The summed E-state index contributed by atoms with van der Waals surface area (Å²) in [5.41, 5.74) is 1.03. The molecule has 2 aromatic rings. The Labute approximate surface area is 93.8 Å². The van der Waals surface area contributed by atoms with Crippen LogP contribution >= 0.6 is 12.6 Å². The van der Waals surface area contributed by atoms with Crippen LogP contribution in [0.15, 0.2) is 42.5 Å². The van der Waals surface area contributed by atoms with Crippen molar-refractivity contribution in [2.75, 3.05) is 5.75 Å². The lowest BCUT2D eigenvalue weighted by Crippen LogP contribution is -1.82. The summed E-state index contributed by atoms with van der Waals surface area (Å²) < 4.78 is 13.4. The van der Waals surface area contributed by atoms with Crippen LogP contribution in [0.1, 0.15) is 5.56 Å². The second-order valence-electron chi connectivity index (χ2n) is 3.27. The van der Waals surface area contributed by atoms with Crippen LogP contribution in [0.2, 0.25) is 0 Å². The van der Waals surface area contributed by atoms with Gasteiger partial charge in [-0.1, -0.05) is 42.5 Å². The van der Waals surface area contributed by atoms with Crippen molar-refractivity contribution in [3.05, 3.63) is 53.9 Å². The monoisotopic (exact) mass is 218 g/mol. The van der Waals surface area contributed by atoms with Crippen molar-refractivity contribution in [3.63, 3.8) is 0 Å². The van der Waals surface area contributed by atoms with Crippen LogP contribution in [0.4, 0.5) is 4.39 Å². The van der Waals surface area contributed by atoms with Crippen LogP contribution in [-0.4, -0.2) is 5.75 Å². The summed E-state index contributed by atoms with van der Waals surface area (Å²) in [6, 6.07) is 10.8. The van der Waals surface area contributed by atoms with Crippen LogP contribution in [0.3, 0.4) is 0 Å². The molecule has 0 fully saturated rings. The minimum absolute atomic E-state index is 0.173. The maximum absolute atomic E-state index is 13.4. The molecule has 0 saturated heterocycles. The molecular weight excluding hydrogens is 207 g/mol. The fraction of sp³-hybridized carbons (Fsp3) is 0.0769. The Kier molecular flexibility index (Phi) is 3.07. The molecule has 0 aliphatic heterocycles. The van der Waals surface area contributed by atoms with Crippen molar-refractivity contribution in [2.45, 2.75) is 0 Å². The number of benzene rings is 2. The molecule has 15 heavy (non-hydrogen) atoms. The largest absolute Gasteiger partial charge is 0.206 e. The van der Waals surface area contributed by atoms with Crippen LogP contribution in [0.5, 0.6) is 0 Å². The van der Waals surface area contributed by atoms with Gasteiger partial charge in [0.2, 0.25) is 0 Å². The van der Waals surface area contributed by atoms with E-state index in [1.807, 2.05) is 30.4 Å². The van der Waals surface area contributed by atoms with Crippen molar-refractivity contribution in [3.8, 4) is 0 Å². The summed E-state index contributed by atoms with van der Waals surface area (Å²) in [5, 5.41) is 1.61. The molecule has 0 radical (unpaired) electrons. The van der Waals surface area contributed by atoms with Gasteiger partial charge in [0.1, 0.15) is 5.82 Å². The lowest BCUT2D eigenvalue weighted by Gasteiger charge is -2.02. The number of rotatable bonds is 2. The molecule has 76 valence electrons. The first kappa shape index (κ1) is 10.2. The van der Waals surface area contributed by atoms with Crippen LogP contribution in [0.25, 0.3) is 16.8 Å². The lowest BCUT2D eigenvalue weighted by molar-refractivity contribution is 0.640. The fourth-order valence-electron chi connectivity index (χ4n) is 1.61. The number of hydrogen-bond acceptors (Lipinski definition) is 1. The van der Waals surface area contributed by atoms with E-state index in [0.29, 0.717) is 11.1 Å². The zero-order valence-electron chi connectivity index (χ0n) is 8.15. The molecule has 0 bridgehead atoms. The molecule has 0 spiro atoms. The van der Waals surface area contributed by atoms with Gasteiger partial charge in [-0.25, -0.2) is 4.39 Å². The van der Waals surface area contributed by atoms with E-state index in [9.17, 15) is 4.39 Å². The van der Waals surface area contributed by atoms with E-state index in [2.05, 4.69) is 12.6 Å². The van der Waals surface area contributed by atoms with Crippen molar-refractivity contribution >= 4 is 29.5 Å². The third-order valence-corrected chi connectivity index (χ3v) is 2.52. The van der Waals surface area contributed by atoms with Crippen molar-refractivity contribution in [1.29, 1.82) is 0 Å². The normalized spacial score (nSPS) is 11.3. The lowest BCUT2D eigenvalue weighted by atomic mass is 10.0. The molecule has 2 aromatic carbocycles.